The van der Waals surface area contributed by atoms with E-state index in [2.05, 4.69) is 9.97 Å². The zero-order chi connectivity index (χ0) is 14.9. The predicted octanol–water partition coefficient (Wildman–Crippen LogP) is 3.74. The molecule has 0 aliphatic heterocycles. The van der Waals surface area contributed by atoms with Crippen molar-refractivity contribution in [3.05, 3.63) is 21.7 Å². The fraction of sp³-hybridized carbons (Fsp3) is 0.667. The molecule has 3 nitrogen and oxygen atoms in total. The van der Waals surface area contributed by atoms with E-state index in [1.165, 1.54) is 6.92 Å². The summed E-state index contributed by atoms with van der Waals surface area (Å²) >= 11 is 7.13. The molecular weight excluding hydrogens is 313 g/mol. The number of nitrogens with one attached hydrogen (secondary N) is 1. The van der Waals surface area contributed by atoms with Crippen LogP contribution in [0.4, 0.5) is 13.2 Å². The van der Waals surface area contributed by atoms with E-state index in [1.54, 1.807) is 0 Å². The van der Waals surface area contributed by atoms with Crippen LogP contribution in [0.2, 0.25) is 0 Å². The number of hydrogen-bond donors (Lipinski definition) is 1. The van der Waals surface area contributed by atoms with Crippen molar-refractivity contribution in [1.82, 2.24) is 9.97 Å². The van der Waals surface area contributed by atoms with E-state index in [0.29, 0.717) is 0 Å². The first kappa shape index (κ1) is 15.7. The summed E-state index contributed by atoms with van der Waals surface area (Å²) in [6.45, 7) is 1.46. The van der Waals surface area contributed by atoms with Gasteiger partial charge in [0.2, 0.25) is 0 Å². The van der Waals surface area contributed by atoms with E-state index in [0.717, 1.165) is 37.4 Å². The smallest absolute Gasteiger partial charge is 0.310 e. The number of rotatable bonds is 2. The van der Waals surface area contributed by atoms with Gasteiger partial charge in [-0.1, -0.05) is 12.8 Å². The summed E-state index contributed by atoms with van der Waals surface area (Å²) in [5.41, 5.74) is -2.36. The Morgan fingerprint density at radius 2 is 2.00 bits per heavy atom. The topological polar surface area (TPSA) is 45.8 Å². The van der Waals surface area contributed by atoms with Crippen LogP contribution in [0, 0.1) is 6.92 Å². The predicted molar refractivity (Wildman–Crippen MR) is 72.4 cm³/mol. The van der Waals surface area contributed by atoms with Gasteiger partial charge in [-0.25, -0.2) is 4.98 Å². The van der Waals surface area contributed by atoms with Crippen LogP contribution in [0.25, 0.3) is 0 Å². The second kappa shape index (κ2) is 5.97. The minimum atomic E-state index is -4.72. The number of aromatic amines is 1. The molecule has 0 radical (unpaired) electrons. The van der Waals surface area contributed by atoms with E-state index in [1.807, 2.05) is 0 Å². The van der Waals surface area contributed by atoms with Crippen LogP contribution in [0.5, 0.6) is 0 Å². The Hall–Kier alpha value is -0.690. The lowest BCUT2D eigenvalue weighted by Gasteiger charge is -2.26. The molecule has 8 heteroatoms. The molecule has 2 atom stereocenters. The highest BCUT2D eigenvalue weighted by molar-refractivity contribution is 8.00. The number of hydrogen-bond acceptors (Lipinski definition) is 3. The maximum absolute atomic E-state index is 13.0. The molecule has 0 aromatic carbocycles. The summed E-state index contributed by atoms with van der Waals surface area (Å²) in [6.07, 6.45) is -1.27. The minimum Gasteiger partial charge on any atom is -0.310 e. The number of aryl methyl sites for hydroxylation is 1. The molecular formula is C12H14ClF3N2OS. The minimum absolute atomic E-state index is 0.139. The number of aromatic nitrogens is 2. The quantitative estimate of drug-likeness (QED) is 0.665. The largest absolute Gasteiger partial charge is 0.424 e. The number of H-pyrrole nitrogens is 1. The van der Waals surface area contributed by atoms with Gasteiger partial charge in [0, 0.05) is 10.6 Å². The van der Waals surface area contributed by atoms with Gasteiger partial charge in [-0.2, -0.15) is 13.2 Å². The Bertz CT molecular complexity index is 546. The first-order chi connectivity index (χ1) is 9.29. The van der Waals surface area contributed by atoms with E-state index in [-0.39, 0.29) is 21.5 Å². The Labute approximate surface area is 123 Å². The summed E-state index contributed by atoms with van der Waals surface area (Å²) in [5.74, 6) is 0.174. The molecule has 1 N–H and O–H groups in total. The fourth-order valence-corrected chi connectivity index (χ4v) is 4.03. The molecule has 0 amide bonds. The van der Waals surface area contributed by atoms with Gasteiger partial charge in [0.15, 0.2) is 5.56 Å². The molecule has 0 unspecified atom stereocenters. The van der Waals surface area contributed by atoms with Gasteiger partial charge in [0.25, 0.3) is 5.56 Å². The van der Waals surface area contributed by atoms with Gasteiger partial charge in [0.1, 0.15) is 10.9 Å². The zero-order valence-corrected chi connectivity index (χ0v) is 12.3. The average molecular weight is 327 g/mol. The molecule has 112 valence electrons. The summed E-state index contributed by atoms with van der Waals surface area (Å²) in [6, 6.07) is 0. The lowest BCUT2D eigenvalue weighted by atomic mass is 10.00. The molecule has 1 heterocycles. The summed E-state index contributed by atoms with van der Waals surface area (Å²) in [4.78, 5) is 17.5. The van der Waals surface area contributed by atoms with Crippen molar-refractivity contribution in [2.75, 3.05) is 0 Å². The summed E-state index contributed by atoms with van der Waals surface area (Å²) < 4.78 is 39.0. The second-order valence-electron chi connectivity index (χ2n) is 4.79. The van der Waals surface area contributed by atoms with Gasteiger partial charge in [-0.05, 0) is 19.8 Å². The van der Waals surface area contributed by atoms with Crippen molar-refractivity contribution in [2.45, 2.75) is 54.4 Å². The standard InChI is InChI=1S/C12H14ClF3N2OS/c1-6-17-10(19)9(12(14,15)16)11(18-6)20-8-5-3-2-4-7(8)13/h7-8H,2-5H2,1H3,(H,17,18,19)/t7-,8-/m0/s1. The molecule has 0 bridgehead atoms. The van der Waals surface area contributed by atoms with E-state index in [9.17, 15) is 18.0 Å². The van der Waals surface area contributed by atoms with Gasteiger partial charge in [0.05, 0.1) is 0 Å². The van der Waals surface area contributed by atoms with E-state index in [4.69, 9.17) is 11.6 Å². The van der Waals surface area contributed by atoms with Gasteiger partial charge < -0.3 is 4.98 Å². The highest BCUT2D eigenvalue weighted by Gasteiger charge is 2.39. The molecule has 1 aliphatic carbocycles. The van der Waals surface area contributed by atoms with Gasteiger partial charge in [-0.15, -0.1) is 23.4 Å². The number of alkyl halides is 4. The molecule has 2 rings (SSSR count). The second-order valence-corrected chi connectivity index (χ2v) is 6.57. The van der Waals surface area contributed by atoms with Crippen molar-refractivity contribution >= 4 is 23.4 Å². The summed E-state index contributed by atoms with van der Waals surface area (Å²) in [7, 11) is 0. The van der Waals surface area contributed by atoms with Crippen molar-refractivity contribution in [2.24, 2.45) is 0 Å². The van der Waals surface area contributed by atoms with Gasteiger partial charge in [-0.3, -0.25) is 4.79 Å². The van der Waals surface area contributed by atoms with Crippen LogP contribution in [0.15, 0.2) is 9.82 Å². The Morgan fingerprint density at radius 3 is 2.60 bits per heavy atom. The molecule has 0 spiro atoms. The Morgan fingerprint density at radius 1 is 1.35 bits per heavy atom. The van der Waals surface area contributed by atoms with Crippen molar-refractivity contribution in [3.63, 3.8) is 0 Å². The fourth-order valence-electron chi connectivity index (χ4n) is 2.22. The molecule has 0 saturated heterocycles. The Kier molecular flexibility index (Phi) is 4.69. The molecule has 1 fully saturated rings. The number of thioether (sulfide) groups is 1. The van der Waals surface area contributed by atoms with E-state index < -0.39 is 17.3 Å². The third kappa shape index (κ3) is 3.49. The molecule has 20 heavy (non-hydrogen) atoms. The van der Waals surface area contributed by atoms with Crippen LogP contribution in [0.3, 0.4) is 0 Å². The molecule has 1 saturated carbocycles. The number of nitrogens with zero attached hydrogens (tertiary/aromatic N) is 1. The normalized spacial score (nSPS) is 23.9. The van der Waals surface area contributed by atoms with Crippen LogP contribution < -0.4 is 5.56 Å². The zero-order valence-electron chi connectivity index (χ0n) is 10.8. The third-order valence-electron chi connectivity index (χ3n) is 3.17. The lowest BCUT2D eigenvalue weighted by molar-refractivity contribution is -0.141. The van der Waals surface area contributed by atoms with E-state index >= 15 is 0 Å². The molecule has 1 aromatic heterocycles. The molecule has 1 aliphatic rings. The first-order valence-electron chi connectivity index (χ1n) is 6.28. The van der Waals surface area contributed by atoms with Crippen LogP contribution in [0.1, 0.15) is 37.1 Å². The maximum Gasteiger partial charge on any atom is 0.424 e. The van der Waals surface area contributed by atoms with Crippen molar-refractivity contribution in [3.8, 4) is 0 Å². The lowest BCUT2D eigenvalue weighted by Crippen LogP contribution is -2.27. The van der Waals surface area contributed by atoms with Crippen molar-refractivity contribution in [1.29, 1.82) is 0 Å². The third-order valence-corrected chi connectivity index (χ3v) is 5.23. The first-order valence-corrected chi connectivity index (χ1v) is 7.59. The average Bonchev–Trinajstić information content (AvgIpc) is 2.29. The maximum atomic E-state index is 13.0. The Balaban J connectivity index is 2.37. The van der Waals surface area contributed by atoms with Crippen LogP contribution in [-0.2, 0) is 6.18 Å². The van der Waals surface area contributed by atoms with Crippen molar-refractivity contribution < 1.29 is 13.2 Å². The number of halogens is 4. The van der Waals surface area contributed by atoms with Crippen LogP contribution >= 0.6 is 23.4 Å². The highest BCUT2D eigenvalue weighted by Crippen LogP contribution is 2.40. The monoisotopic (exact) mass is 326 g/mol. The SMILES string of the molecule is Cc1nc(S[C@H]2CCCC[C@@H]2Cl)c(C(F)(F)F)c(=O)[nH]1. The van der Waals surface area contributed by atoms with Crippen LogP contribution in [-0.4, -0.2) is 20.6 Å². The molecule has 1 aromatic rings. The summed E-state index contributed by atoms with van der Waals surface area (Å²) in [5, 5.41) is -0.590. The van der Waals surface area contributed by atoms with Gasteiger partial charge >= 0.3 is 6.18 Å². The highest BCUT2D eigenvalue weighted by atomic mass is 35.5.